The van der Waals surface area contributed by atoms with Crippen molar-refractivity contribution in [1.82, 2.24) is 4.57 Å². The Balaban J connectivity index is 2.14. The van der Waals surface area contributed by atoms with Crippen LogP contribution in [0.5, 0.6) is 11.5 Å². The van der Waals surface area contributed by atoms with Gasteiger partial charge in [0.25, 0.3) is 5.91 Å². The second kappa shape index (κ2) is 9.63. The summed E-state index contributed by atoms with van der Waals surface area (Å²) in [5.41, 5.74) is 1.06. The molecule has 3 rings (SSSR count). The van der Waals surface area contributed by atoms with Crippen molar-refractivity contribution in [2.24, 2.45) is 4.99 Å². The minimum atomic E-state index is -3.34. The maximum absolute atomic E-state index is 12.8. The Bertz CT molecular complexity index is 1260. The maximum Gasteiger partial charge on any atom is 0.279 e. The van der Waals surface area contributed by atoms with Crippen molar-refractivity contribution in [1.29, 1.82) is 0 Å². The number of sulfone groups is 1. The first-order valence-electron chi connectivity index (χ1n) is 9.51. The molecule has 166 valence electrons. The van der Waals surface area contributed by atoms with Crippen LogP contribution in [0.4, 0.5) is 0 Å². The van der Waals surface area contributed by atoms with Crippen LogP contribution >= 0.6 is 11.3 Å². The molecule has 0 spiro atoms. The van der Waals surface area contributed by atoms with E-state index in [0.717, 1.165) is 16.5 Å². The van der Waals surface area contributed by atoms with Crippen LogP contribution in [-0.4, -0.2) is 52.6 Å². The van der Waals surface area contributed by atoms with Crippen molar-refractivity contribution in [3.05, 3.63) is 46.8 Å². The van der Waals surface area contributed by atoms with Gasteiger partial charge in [-0.2, -0.15) is 4.99 Å². The predicted molar refractivity (Wildman–Crippen MR) is 119 cm³/mol. The van der Waals surface area contributed by atoms with Crippen molar-refractivity contribution < 1.29 is 27.4 Å². The first-order chi connectivity index (χ1) is 14.8. The number of aromatic nitrogens is 1. The molecule has 10 heteroatoms. The molecule has 3 aromatic rings. The minimum absolute atomic E-state index is 0.146. The summed E-state index contributed by atoms with van der Waals surface area (Å²) in [7, 11) is -0.181. The molecular formula is C21H24N2O6S2. The standard InChI is InChI=1S/C21H24N2O6S2/c1-5-29-13-12-23-18-16(27-2)10-11-17(28-3)19(18)30-21(23)22-20(24)14-6-8-15(9-7-14)31(4,25)26/h6-11H,5,12-13H2,1-4H3. The lowest BCUT2D eigenvalue weighted by Gasteiger charge is -2.10. The summed E-state index contributed by atoms with van der Waals surface area (Å²) in [5, 5.41) is 0. The third-order valence-corrected chi connectivity index (χ3v) is 6.80. The number of ether oxygens (including phenoxy) is 3. The van der Waals surface area contributed by atoms with Crippen molar-refractivity contribution in [3.63, 3.8) is 0 Å². The average Bonchev–Trinajstić information content (AvgIpc) is 3.11. The molecule has 0 aliphatic heterocycles. The zero-order chi connectivity index (χ0) is 22.6. The lowest BCUT2D eigenvalue weighted by atomic mass is 10.2. The Labute approximate surface area is 184 Å². The zero-order valence-corrected chi connectivity index (χ0v) is 19.4. The molecular weight excluding hydrogens is 440 g/mol. The molecule has 0 unspecified atom stereocenters. The third-order valence-electron chi connectivity index (χ3n) is 4.58. The lowest BCUT2D eigenvalue weighted by Crippen LogP contribution is -2.20. The Morgan fingerprint density at radius 2 is 1.71 bits per heavy atom. The van der Waals surface area contributed by atoms with Crippen LogP contribution in [0.2, 0.25) is 0 Å². The molecule has 0 N–H and O–H groups in total. The topological polar surface area (TPSA) is 96.2 Å². The molecule has 0 saturated heterocycles. The number of thiazole rings is 1. The number of methoxy groups -OCH3 is 2. The second-order valence-corrected chi connectivity index (χ2v) is 9.59. The van der Waals surface area contributed by atoms with Gasteiger partial charge >= 0.3 is 0 Å². The van der Waals surface area contributed by atoms with E-state index < -0.39 is 15.7 Å². The highest BCUT2D eigenvalue weighted by Crippen LogP contribution is 2.35. The van der Waals surface area contributed by atoms with E-state index in [1.165, 1.54) is 35.6 Å². The van der Waals surface area contributed by atoms with Crippen molar-refractivity contribution in [3.8, 4) is 11.5 Å². The highest BCUT2D eigenvalue weighted by Gasteiger charge is 2.17. The van der Waals surface area contributed by atoms with Gasteiger partial charge in [-0.3, -0.25) is 4.79 Å². The quantitative estimate of drug-likeness (QED) is 0.476. The molecule has 31 heavy (non-hydrogen) atoms. The molecule has 0 aliphatic rings. The molecule has 0 radical (unpaired) electrons. The number of hydrogen-bond donors (Lipinski definition) is 0. The summed E-state index contributed by atoms with van der Waals surface area (Å²) in [5.74, 6) is 0.807. The van der Waals surface area contributed by atoms with Crippen LogP contribution in [0.1, 0.15) is 17.3 Å². The van der Waals surface area contributed by atoms with Gasteiger partial charge in [0, 0.05) is 25.0 Å². The maximum atomic E-state index is 12.8. The molecule has 0 aliphatic carbocycles. The highest BCUT2D eigenvalue weighted by atomic mass is 32.2. The van der Waals surface area contributed by atoms with Gasteiger partial charge < -0.3 is 18.8 Å². The first-order valence-corrected chi connectivity index (χ1v) is 12.2. The molecule has 1 heterocycles. The summed E-state index contributed by atoms with van der Waals surface area (Å²) in [6.07, 6.45) is 1.12. The molecule has 1 amide bonds. The van der Waals surface area contributed by atoms with Gasteiger partial charge in [-0.1, -0.05) is 11.3 Å². The fourth-order valence-corrected chi connectivity index (χ4v) is 4.84. The van der Waals surface area contributed by atoms with Crippen molar-refractivity contribution >= 4 is 37.3 Å². The molecule has 2 aromatic carbocycles. The van der Waals surface area contributed by atoms with Crippen LogP contribution in [0.3, 0.4) is 0 Å². The number of carbonyl (C=O) groups is 1. The smallest absolute Gasteiger partial charge is 0.279 e. The molecule has 0 bridgehead atoms. The summed E-state index contributed by atoms with van der Waals surface area (Å²) in [4.78, 5) is 17.8. The summed E-state index contributed by atoms with van der Waals surface area (Å²) in [6, 6.07) is 9.33. The number of nitrogens with zero attached hydrogens (tertiary/aromatic N) is 2. The number of amides is 1. The molecule has 8 nitrogen and oxygen atoms in total. The fourth-order valence-electron chi connectivity index (χ4n) is 3.04. The van der Waals surface area contributed by atoms with Gasteiger partial charge in [-0.25, -0.2) is 8.42 Å². The van der Waals surface area contributed by atoms with E-state index in [0.29, 0.717) is 41.6 Å². The average molecular weight is 465 g/mol. The van der Waals surface area contributed by atoms with E-state index in [4.69, 9.17) is 14.2 Å². The van der Waals surface area contributed by atoms with E-state index in [-0.39, 0.29) is 4.90 Å². The van der Waals surface area contributed by atoms with Gasteiger partial charge in [-0.15, -0.1) is 0 Å². The monoisotopic (exact) mass is 464 g/mol. The summed E-state index contributed by atoms with van der Waals surface area (Å²) < 4.78 is 42.5. The molecule has 0 saturated carbocycles. The summed E-state index contributed by atoms with van der Waals surface area (Å²) >= 11 is 1.31. The van der Waals surface area contributed by atoms with Gasteiger partial charge in [0.2, 0.25) is 0 Å². The van der Waals surface area contributed by atoms with Crippen molar-refractivity contribution in [2.75, 3.05) is 33.7 Å². The van der Waals surface area contributed by atoms with Gasteiger partial charge in [0.15, 0.2) is 14.6 Å². The number of benzene rings is 2. The fraction of sp³-hybridized carbons (Fsp3) is 0.333. The second-order valence-electron chi connectivity index (χ2n) is 6.59. The minimum Gasteiger partial charge on any atom is -0.495 e. The lowest BCUT2D eigenvalue weighted by molar-refractivity contribution is 0.0996. The Hall–Kier alpha value is -2.69. The van der Waals surface area contributed by atoms with Crippen LogP contribution in [0, 0.1) is 0 Å². The van der Waals surface area contributed by atoms with Gasteiger partial charge in [-0.05, 0) is 43.3 Å². The summed E-state index contributed by atoms with van der Waals surface area (Å²) in [6.45, 7) is 3.39. The van der Waals surface area contributed by atoms with E-state index in [9.17, 15) is 13.2 Å². The Morgan fingerprint density at radius 1 is 1.06 bits per heavy atom. The molecule has 1 aromatic heterocycles. The van der Waals surface area contributed by atoms with E-state index >= 15 is 0 Å². The number of rotatable bonds is 8. The number of hydrogen-bond acceptors (Lipinski definition) is 7. The van der Waals surface area contributed by atoms with Crippen LogP contribution in [-0.2, 0) is 21.1 Å². The van der Waals surface area contributed by atoms with Crippen LogP contribution in [0.25, 0.3) is 10.2 Å². The van der Waals surface area contributed by atoms with E-state index in [2.05, 4.69) is 4.99 Å². The van der Waals surface area contributed by atoms with Crippen molar-refractivity contribution in [2.45, 2.75) is 18.4 Å². The van der Waals surface area contributed by atoms with Gasteiger partial charge in [0.1, 0.15) is 21.7 Å². The Morgan fingerprint density at radius 3 is 2.29 bits per heavy atom. The largest absolute Gasteiger partial charge is 0.495 e. The number of fused-ring (bicyclic) bond motifs is 1. The first kappa shape index (κ1) is 23.0. The SMILES string of the molecule is CCOCCn1c(=NC(=O)c2ccc(S(C)(=O)=O)cc2)sc2c(OC)ccc(OC)c21. The Kier molecular flexibility index (Phi) is 7.14. The third kappa shape index (κ3) is 4.97. The van der Waals surface area contributed by atoms with E-state index in [1.807, 2.05) is 11.5 Å². The van der Waals surface area contributed by atoms with Gasteiger partial charge in [0.05, 0.1) is 25.7 Å². The highest BCUT2D eigenvalue weighted by molar-refractivity contribution is 7.90. The molecule has 0 fully saturated rings. The van der Waals surface area contributed by atoms with E-state index in [1.54, 1.807) is 26.4 Å². The zero-order valence-electron chi connectivity index (χ0n) is 17.7. The van der Waals surface area contributed by atoms with Crippen LogP contribution in [0.15, 0.2) is 46.3 Å². The predicted octanol–water partition coefficient (Wildman–Crippen LogP) is 2.90. The van der Waals surface area contributed by atoms with Crippen LogP contribution < -0.4 is 14.3 Å². The normalized spacial score (nSPS) is 12.3. The number of carbonyl (C=O) groups excluding carboxylic acids is 1. The molecule has 0 atom stereocenters.